The number of aromatic nitrogens is 3. The normalized spacial score (nSPS) is 11.5. The molecule has 0 amide bonds. The maximum atomic E-state index is 5.24. The molecule has 4 heteroatoms. The Morgan fingerprint density at radius 3 is 1.74 bits per heavy atom. The highest BCUT2D eigenvalue weighted by molar-refractivity contribution is 7.22. The van der Waals surface area contributed by atoms with E-state index in [1.54, 1.807) is 11.3 Å². The van der Waals surface area contributed by atoms with E-state index < -0.39 is 0 Å². The van der Waals surface area contributed by atoms with Gasteiger partial charge in [0.1, 0.15) is 0 Å². The summed E-state index contributed by atoms with van der Waals surface area (Å²) in [6.07, 6.45) is 0. The number of hydrogen-bond acceptors (Lipinski definition) is 4. The fourth-order valence-electron chi connectivity index (χ4n) is 8.15. The number of benzene rings is 9. The third-order valence-corrected chi connectivity index (χ3v) is 12.1. The Labute approximate surface area is 334 Å². The van der Waals surface area contributed by atoms with E-state index in [0.717, 1.165) is 38.9 Å². The summed E-state index contributed by atoms with van der Waals surface area (Å²) in [4.78, 5) is 16.8. The Hall–Kier alpha value is -7.27. The molecule has 0 unspecified atom stereocenters. The van der Waals surface area contributed by atoms with Crippen LogP contribution in [0, 0.1) is 0 Å². The molecule has 0 fully saturated rings. The van der Waals surface area contributed by atoms with Crippen molar-refractivity contribution in [1.29, 1.82) is 0 Å². The molecule has 0 bridgehead atoms. The molecule has 2 heterocycles. The van der Waals surface area contributed by atoms with Gasteiger partial charge in [0, 0.05) is 31.8 Å². The van der Waals surface area contributed by atoms with Crippen LogP contribution < -0.4 is 0 Å². The fraction of sp³-hybridized carbons (Fsp3) is 0. The van der Waals surface area contributed by atoms with Crippen LogP contribution in [-0.2, 0) is 0 Å². The minimum atomic E-state index is 0.631. The van der Waals surface area contributed by atoms with E-state index in [9.17, 15) is 0 Å². The van der Waals surface area contributed by atoms with Gasteiger partial charge in [0.2, 0.25) is 0 Å². The highest BCUT2D eigenvalue weighted by atomic mass is 32.1. The zero-order valence-electron chi connectivity index (χ0n) is 30.8. The molecule has 0 saturated heterocycles. The van der Waals surface area contributed by atoms with E-state index >= 15 is 0 Å². The van der Waals surface area contributed by atoms with Crippen LogP contribution in [0.2, 0.25) is 0 Å². The van der Waals surface area contributed by atoms with Crippen molar-refractivity contribution in [2.24, 2.45) is 0 Å². The van der Waals surface area contributed by atoms with Crippen LogP contribution in [0.4, 0.5) is 0 Å². The average Bonchev–Trinajstić information content (AvgIpc) is 3.73. The Bertz CT molecular complexity index is 3260. The minimum Gasteiger partial charge on any atom is -0.208 e. The van der Waals surface area contributed by atoms with Gasteiger partial charge in [-0.25, -0.2) is 15.0 Å². The SMILES string of the molecule is c1ccc(-c2cccc(-c3nc(-c4ccc(-c5c6ccccc6cc6c5ccc5ccccc56)cc4)nc(-c4ccccc4-c4cc5ccccc5s4)n3)c2)cc1. The Morgan fingerprint density at radius 2 is 0.912 bits per heavy atom. The number of thiophene rings is 1. The van der Waals surface area contributed by atoms with Crippen LogP contribution in [0.25, 0.3) is 109 Å². The molecule has 11 rings (SSSR count). The largest absolute Gasteiger partial charge is 0.208 e. The maximum absolute atomic E-state index is 5.24. The fourth-order valence-corrected chi connectivity index (χ4v) is 9.25. The van der Waals surface area contributed by atoms with Gasteiger partial charge in [-0.05, 0) is 84.2 Å². The van der Waals surface area contributed by atoms with Crippen LogP contribution in [0.1, 0.15) is 0 Å². The lowest BCUT2D eigenvalue weighted by Gasteiger charge is -2.15. The van der Waals surface area contributed by atoms with Gasteiger partial charge >= 0.3 is 0 Å². The van der Waals surface area contributed by atoms with Crippen molar-refractivity contribution in [3.05, 3.63) is 200 Å². The summed E-state index contributed by atoms with van der Waals surface area (Å²) in [5, 5.41) is 8.68. The molecule has 9 aromatic carbocycles. The minimum absolute atomic E-state index is 0.631. The molecule has 57 heavy (non-hydrogen) atoms. The lowest BCUT2D eigenvalue weighted by atomic mass is 9.89. The molecule has 0 spiro atoms. The summed E-state index contributed by atoms with van der Waals surface area (Å²) in [6.45, 7) is 0. The third kappa shape index (κ3) is 5.95. The Balaban J connectivity index is 1.08. The van der Waals surface area contributed by atoms with Crippen LogP contribution >= 0.6 is 11.3 Å². The molecule has 0 aliphatic heterocycles. The maximum Gasteiger partial charge on any atom is 0.164 e. The van der Waals surface area contributed by atoms with Gasteiger partial charge in [0.25, 0.3) is 0 Å². The molecule has 0 radical (unpaired) electrons. The van der Waals surface area contributed by atoms with Gasteiger partial charge in [-0.3, -0.25) is 0 Å². The monoisotopic (exact) mass is 743 g/mol. The number of fused-ring (bicyclic) bond motifs is 5. The first-order chi connectivity index (χ1) is 28.2. The van der Waals surface area contributed by atoms with Crippen LogP contribution in [0.3, 0.4) is 0 Å². The van der Waals surface area contributed by atoms with Gasteiger partial charge < -0.3 is 0 Å². The number of nitrogens with zero attached hydrogens (tertiary/aromatic N) is 3. The van der Waals surface area contributed by atoms with Crippen LogP contribution in [0.5, 0.6) is 0 Å². The van der Waals surface area contributed by atoms with Crippen molar-refractivity contribution < 1.29 is 0 Å². The molecule has 2 aromatic heterocycles. The van der Waals surface area contributed by atoms with E-state index in [1.807, 2.05) is 6.07 Å². The predicted octanol–water partition coefficient (Wildman–Crippen LogP) is 14.5. The predicted molar refractivity (Wildman–Crippen MR) is 240 cm³/mol. The molecular weight excluding hydrogens is 711 g/mol. The summed E-state index contributed by atoms with van der Waals surface area (Å²) in [5.41, 5.74) is 8.58. The first-order valence-corrected chi connectivity index (χ1v) is 20.0. The van der Waals surface area contributed by atoms with Gasteiger partial charge in [-0.15, -0.1) is 11.3 Å². The van der Waals surface area contributed by atoms with E-state index in [4.69, 9.17) is 15.0 Å². The smallest absolute Gasteiger partial charge is 0.164 e. The van der Waals surface area contributed by atoms with E-state index in [1.165, 1.54) is 52.8 Å². The van der Waals surface area contributed by atoms with Crippen molar-refractivity contribution in [3.63, 3.8) is 0 Å². The van der Waals surface area contributed by atoms with Gasteiger partial charge in [0.05, 0.1) is 0 Å². The van der Waals surface area contributed by atoms with Gasteiger partial charge in [-0.1, -0.05) is 176 Å². The second kappa shape index (κ2) is 13.8. The van der Waals surface area contributed by atoms with Crippen molar-refractivity contribution in [3.8, 4) is 66.9 Å². The lowest BCUT2D eigenvalue weighted by molar-refractivity contribution is 1.07. The average molecular weight is 744 g/mol. The first-order valence-electron chi connectivity index (χ1n) is 19.2. The molecule has 0 aliphatic rings. The second-order valence-electron chi connectivity index (χ2n) is 14.4. The van der Waals surface area contributed by atoms with Crippen LogP contribution in [-0.4, -0.2) is 15.0 Å². The zero-order valence-corrected chi connectivity index (χ0v) is 31.6. The second-order valence-corrected chi connectivity index (χ2v) is 15.5. The number of hydrogen-bond donors (Lipinski definition) is 0. The molecule has 0 atom stereocenters. The summed E-state index contributed by atoms with van der Waals surface area (Å²) >= 11 is 1.79. The van der Waals surface area contributed by atoms with Crippen molar-refractivity contribution in [1.82, 2.24) is 15.0 Å². The van der Waals surface area contributed by atoms with Crippen LogP contribution in [0.15, 0.2) is 200 Å². The van der Waals surface area contributed by atoms with Crippen molar-refractivity contribution >= 4 is 53.7 Å². The summed E-state index contributed by atoms with van der Waals surface area (Å²) in [7, 11) is 0. The summed E-state index contributed by atoms with van der Waals surface area (Å²) in [5.74, 6) is 1.91. The van der Waals surface area contributed by atoms with Crippen molar-refractivity contribution in [2.75, 3.05) is 0 Å². The third-order valence-electron chi connectivity index (χ3n) is 10.9. The zero-order chi connectivity index (χ0) is 37.7. The topological polar surface area (TPSA) is 38.7 Å². The lowest BCUT2D eigenvalue weighted by Crippen LogP contribution is -2.01. The highest BCUT2D eigenvalue weighted by Gasteiger charge is 2.18. The number of rotatable bonds is 6. The van der Waals surface area contributed by atoms with Gasteiger partial charge in [-0.2, -0.15) is 0 Å². The standard InChI is InChI=1S/C53H33N3S/c1-2-13-34(14-3-1)38-18-12-19-41(31-38)52-54-51(55-53(56-52)46-23-10-9-22-44(46)49-33-40-17-6-11-24-48(40)57-49)37-27-25-36(26-28-37)50-43-21-8-5-16-39(43)32-47-42-20-7-4-15-35(42)29-30-45(47)50/h1-33H. The van der Waals surface area contributed by atoms with E-state index in [0.29, 0.717) is 17.5 Å². The molecule has 3 nitrogen and oxygen atoms in total. The first kappa shape index (κ1) is 33.1. The summed E-state index contributed by atoms with van der Waals surface area (Å²) in [6, 6.07) is 71.1. The van der Waals surface area contributed by atoms with Gasteiger partial charge in [0.15, 0.2) is 17.5 Å². The Kier molecular flexibility index (Phi) is 8.01. The van der Waals surface area contributed by atoms with E-state index in [-0.39, 0.29) is 0 Å². The molecule has 11 aromatic rings. The molecule has 0 aliphatic carbocycles. The summed E-state index contributed by atoms with van der Waals surface area (Å²) < 4.78 is 1.25. The Morgan fingerprint density at radius 1 is 0.298 bits per heavy atom. The van der Waals surface area contributed by atoms with E-state index in [2.05, 4.69) is 194 Å². The quantitative estimate of drug-likeness (QED) is 0.126. The molecule has 266 valence electrons. The molecule has 0 N–H and O–H groups in total. The highest BCUT2D eigenvalue weighted by Crippen LogP contribution is 2.41. The molecule has 0 saturated carbocycles. The van der Waals surface area contributed by atoms with Crippen molar-refractivity contribution in [2.45, 2.75) is 0 Å². The molecular formula is C53H33N3S.